The Labute approximate surface area is 124 Å². The predicted octanol–water partition coefficient (Wildman–Crippen LogP) is 3.44. The molecule has 2 aromatic rings. The molecule has 1 N–H and O–H groups in total. The second-order valence-corrected chi connectivity index (χ2v) is 4.42. The molecule has 0 aliphatic carbocycles. The first-order valence-electron chi connectivity index (χ1n) is 6.66. The molecule has 0 spiro atoms. The molecule has 104 valence electrons. The van der Waals surface area contributed by atoms with Crippen LogP contribution < -0.4 is 10.1 Å². The first-order chi connectivity index (χ1) is 10.3. The Hall–Kier alpha value is -2.98. The summed E-state index contributed by atoms with van der Waals surface area (Å²) >= 11 is 0. The summed E-state index contributed by atoms with van der Waals surface area (Å²) in [5.41, 5.74) is 2.67. The van der Waals surface area contributed by atoms with Crippen molar-refractivity contribution in [2.75, 3.05) is 11.9 Å². The van der Waals surface area contributed by atoms with Crippen LogP contribution in [0.1, 0.15) is 23.6 Å². The van der Waals surface area contributed by atoms with E-state index in [4.69, 9.17) is 15.3 Å². The quantitative estimate of drug-likeness (QED) is 0.909. The third kappa shape index (κ3) is 3.75. The van der Waals surface area contributed by atoms with E-state index in [0.29, 0.717) is 24.3 Å². The van der Waals surface area contributed by atoms with Crippen LogP contribution in [0.5, 0.6) is 5.75 Å². The van der Waals surface area contributed by atoms with E-state index in [-0.39, 0.29) is 0 Å². The van der Waals surface area contributed by atoms with Gasteiger partial charge in [0.2, 0.25) is 0 Å². The van der Waals surface area contributed by atoms with Crippen molar-refractivity contribution in [3.8, 4) is 17.9 Å². The van der Waals surface area contributed by atoms with Crippen molar-refractivity contribution in [3.05, 3.63) is 59.2 Å². The molecule has 0 saturated heterocycles. The fraction of sp³-hybridized carbons (Fsp3) is 0.176. The maximum absolute atomic E-state index is 9.01. The SMILES string of the molecule is CCOc1cccc(CNc2ccc(C#N)c(C#N)c2)c1. The van der Waals surface area contributed by atoms with Crippen molar-refractivity contribution in [1.29, 1.82) is 10.5 Å². The lowest BCUT2D eigenvalue weighted by Crippen LogP contribution is -2.01. The normalized spacial score (nSPS) is 9.48. The lowest BCUT2D eigenvalue weighted by atomic mass is 10.1. The monoisotopic (exact) mass is 277 g/mol. The number of nitrogens with zero attached hydrogens (tertiary/aromatic N) is 2. The van der Waals surface area contributed by atoms with Crippen LogP contribution in [0.4, 0.5) is 5.69 Å². The predicted molar refractivity (Wildman–Crippen MR) is 80.8 cm³/mol. The van der Waals surface area contributed by atoms with E-state index in [2.05, 4.69) is 5.32 Å². The maximum Gasteiger partial charge on any atom is 0.119 e. The molecule has 0 bridgehead atoms. The summed E-state index contributed by atoms with van der Waals surface area (Å²) in [5.74, 6) is 0.842. The van der Waals surface area contributed by atoms with E-state index in [1.807, 2.05) is 43.3 Å². The molecule has 4 nitrogen and oxygen atoms in total. The molecule has 0 heterocycles. The topological polar surface area (TPSA) is 68.8 Å². The number of nitrogens with one attached hydrogen (secondary N) is 1. The zero-order chi connectivity index (χ0) is 15.1. The number of hydrogen-bond donors (Lipinski definition) is 1. The zero-order valence-electron chi connectivity index (χ0n) is 11.8. The van der Waals surface area contributed by atoms with E-state index in [1.165, 1.54) is 0 Å². The van der Waals surface area contributed by atoms with Crippen LogP contribution >= 0.6 is 0 Å². The third-order valence-corrected chi connectivity index (χ3v) is 2.97. The lowest BCUT2D eigenvalue weighted by Gasteiger charge is -2.09. The minimum absolute atomic E-state index is 0.380. The van der Waals surface area contributed by atoms with Gasteiger partial charge in [0.15, 0.2) is 0 Å². The average molecular weight is 277 g/mol. The van der Waals surface area contributed by atoms with Gasteiger partial charge in [0, 0.05) is 12.2 Å². The summed E-state index contributed by atoms with van der Waals surface area (Å²) in [6, 6.07) is 17.0. The van der Waals surface area contributed by atoms with Crippen LogP contribution in [0.25, 0.3) is 0 Å². The Bertz CT molecular complexity index is 711. The van der Waals surface area contributed by atoms with E-state index in [1.54, 1.807) is 18.2 Å². The van der Waals surface area contributed by atoms with Crippen LogP contribution in [0.15, 0.2) is 42.5 Å². The molecule has 0 unspecified atom stereocenters. The van der Waals surface area contributed by atoms with Crippen molar-refractivity contribution in [1.82, 2.24) is 0 Å². The molecule has 0 aliphatic rings. The molecule has 21 heavy (non-hydrogen) atoms. The number of rotatable bonds is 5. The van der Waals surface area contributed by atoms with Crippen molar-refractivity contribution in [3.63, 3.8) is 0 Å². The van der Waals surface area contributed by atoms with E-state index < -0.39 is 0 Å². The van der Waals surface area contributed by atoms with Gasteiger partial charge >= 0.3 is 0 Å². The molecule has 0 aliphatic heterocycles. The first-order valence-corrected chi connectivity index (χ1v) is 6.66. The zero-order valence-corrected chi connectivity index (χ0v) is 11.8. The number of benzene rings is 2. The highest BCUT2D eigenvalue weighted by atomic mass is 16.5. The highest BCUT2D eigenvalue weighted by Gasteiger charge is 2.03. The second kappa shape index (κ2) is 6.98. The molecule has 4 heteroatoms. The fourth-order valence-electron chi connectivity index (χ4n) is 1.96. The smallest absolute Gasteiger partial charge is 0.119 e. The van der Waals surface area contributed by atoms with Crippen molar-refractivity contribution in [2.45, 2.75) is 13.5 Å². The van der Waals surface area contributed by atoms with Gasteiger partial charge in [-0.2, -0.15) is 10.5 Å². The van der Waals surface area contributed by atoms with Gasteiger partial charge in [-0.1, -0.05) is 12.1 Å². The van der Waals surface area contributed by atoms with Gasteiger partial charge in [-0.05, 0) is 42.8 Å². The standard InChI is InChI=1S/C17H15N3O/c1-2-21-17-5-3-4-13(8-17)12-20-16-7-6-14(10-18)15(9-16)11-19/h3-9,20H,2,12H2,1H3. The molecule has 2 rings (SSSR count). The van der Waals surface area contributed by atoms with Crippen LogP contribution in [-0.2, 0) is 6.54 Å². The van der Waals surface area contributed by atoms with Crippen molar-refractivity contribution in [2.24, 2.45) is 0 Å². The molecule has 0 atom stereocenters. The van der Waals surface area contributed by atoms with Crippen LogP contribution in [0.3, 0.4) is 0 Å². The van der Waals surface area contributed by atoms with Gasteiger partial charge in [-0.25, -0.2) is 0 Å². The van der Waals surface area contributed by atoms with Gasteiger partial charge < -0.3 is 10.1 Å². The van der Waals surface area contributed by atoms with Crippen molar-refractivity contribution >= 4 is 5.69 Å². The Morgan fingerprint density at radius 3 is 2.57 bits per heavy atom. The van der Waals surface area contributed by atoms with Gasteiger partial charge in [0.1, 0.15) is 17.9 Å². The van der Waals surface area contributed by atoms with Gasteiger partial charge in [-0.15, -0.1) is 0 Å². The van der Waals surface area contributed by atoms with Crippen LogP contribution in [0.2, 0.25) is 0 Å². The summed E-state index contributed by atoms with van der Waals surface area (Å²) in [6.07, 6.45) is 0. The third-order valence-electron chi connectivity index (χ3n) is 2.97. The summed E-state index contributed by atoms with van der Waals surface area (Å²) in [4.78, 5) is 0. The molecule has 0 saturated carbocycles. The summed E-state index contributed by atoms with van der Waals surface area (Å²) in [6.45, 7) is 3.21. The largest absolute Gasteiger partial charge is 0.494 e. The Balaban J connectivity index is 2.08. The Kier molecular flexibility index (Phi) is 4.79. The van der Waals surface area contributed by atoms with Crippen molar-refractivity contribution < 1.29 is 4.74 Å². The van der Waals surface area contributed by atoms with E-state index in [9.17, 15) is 0 Å². The summed E-state index contributed by atoms with van der Waals surface area (Å²) in [5, 5.41) is 21.1. The van der Waals surface area contributed by atoms with Crippen LogP contribution in [-0.4, -0.2) is 6.61 Å². The number of anilines is 1. The molecule has 0 radical (unpaired) electrons. The average Bonchev–Trinajstić information content (AvgIpc) is 2.53. The van der Waals surface area contributed by atoms with Gasteiger partial charge in [0.25, 0.3) is 0 Å². The molecule has 0 amide bonds. The molecular weight excluding hydrogens is 262 g/mol. The maximum atomic E-state index is 9.01. The number of nitriles is 2. The molecular formula is C17H15N3O. The Morgan fingerprint density at radius 1 is 1.05 bits per heavy atom. The molecule has 2 aromatic carbocycles. The van der Waals surface area contributed by atoms with Gasteiger partial charge in [-0.3, -0.25) is 0 Å². The minimum Gasteiger partial charge on any atom is -0.494 e. The highest BCUT2D eigenvalue weighted by Crippen LogP contribution is 2.17. The Morgan fingerprint density at radius 2 is 1.86 bits per heavy atom. The second-order valence-electron chi connectivity index (χ2n) is 4.42. The fourth-order valence-corrected chi connectivity index (χ4v) is 1.96. The lowest BCUT2D eigenvalue weighted by molar-refractivity contribution is 0.340. The van der Waals surface area contributed by atoms with E-state index >= 15 is 0 Å². The summed E-state index contributed by atoms with van der Waals surface area (Å²) < 4.78 is 5.46. The molecule has 0 fully saturated rings. The number of ether oxygens (including phenoxy) is 1. The van der Waals surface area contributed by atoms with Gasteiger partial charge in [0.05, 0.1) is 17.7 Å². The van der Waals surface area contributed by atoms with Crippen LogP contribution in [0, 0.1) is 22.7 Å². The first kappa shape index (κ1) is 14.4. The summed E-state index contributed by atoms with van der Waals surface area (Å²) in [7, 11) is 0. The minimum atomic E-state index is 0.380. The highest BCUT2D eigenvalue weighted by molar-refractivity contribution is 5.56. The number of hydrogen-bond acceptors (Lipinski definition) is 4. The van der Waals surface area contributed by atoms with E-state index in [0.717, 1.165) is 17.0 Å². The molecule has 0 aromatic heterocycles.